The van der Waals surface area contributed by atoms with Crippen LogP contribution < -0.4 is 16.6 Å². The highest BCUT2D eigenvalue weighted by atomic mass is 16.5. The maximum Gasteiger partial charge on any atom is 0.325 e. The number of nitrogens with one attached hydrogen (secondary N) is 2. The van der Waals surface area contributed by atoms with Crippen molar-refractivity contribution in [1.82, 2.24) is 29.7 Å². The Kier molecular flexibility index (Phi) is 4.34. The fourth-order valence-electron chi connectivity index (χ4n) is 1.29. The zero-order valence-electron chi connectivity index (χ0n) is 10.6. The smallest absolute Gasteiger partial charge is 0.325 e. The summed E-state index contributed by atoms with van der Waals surface area (Å²) in [5.41, 5.74) is 2.30. The predicted molar refractivity (Wildman–Crippen MR) is 67.7 cm³/mol. The van der Waals surface area contributed by atoms with Gasteiger partial charge in [-0.3, -0.25) is 10.2 Å². The van der Waals surface area contributed by atoms with Gasteiger partial charge < -0.3 is 10.1 Å². The lowest BCUT2D eigenvalue weighted by Gasteiger charge is -2.07. The van der Waals surface area contributed by atoms with Crippen LogP contribution in [0.5, 0.6) is 0 Å². The van der Waals surface area contributed by atoms with E-state index in [9.17, 15) is 4.79 Å². The van der Waals surface area contributed by atoms with Gasteiger partial charge in [0.25, 0.3) is 5.95 Å². The molecule has 4 N–H and O–H groups in total. The van der Waals surface area contributed by atoms with Crippen LogP contribution in [-0.4, -0.2) is 48.8 Å². The van der Waals surface area contributed by atoms with Crippen molar-refractivity contribution in [2.45, 2.75) is 6.92 Å². The lowest BCUT2D eigenvalue weighted by molar-refractivity contribution is -0.140. The van der Waals surface area contributed by atoms with Crippen LogP contribution in [0.1, 0.15) is 6.92 Å². The number of nitrogen functional groups attached to an aromatic ring is 1. The molecule has 0 bridgehead atoms. The third-order valence-corrected chi connectivity index (χ3v) is 2.07. The second-order valence-corrected chi connectivity index (χ2v) is 3.43. The molecular weight excluding hydrogens is 266 g/mol. The van der Waals surface area contributed by atoms with Gasteiger partial charge in [-0.2, -0.15) is 24.7 Å². The first-order valence-electron chi connectivity index (χ1n) is 5.70. The summed E-state index contributed by atoms with van der Waals surface area (Å²) in [5.74, 6) is 5.34. The summed E-state index contributed by atoms with van der Waals surface area (Å²) < 4.78 is 6.11. The van der Waals surface area contributed by atoms with Gasteiger partial charge in [-0.25, -0.2) is 10.8 Å². The van der Waals surface area contributed by atoms with E-state index in [0.717, 1.165) is 0 Å². The van der Waals surface area contributed by atoms with Crippen LogP contribution in [0.4, 0.5) is 11.9 Å². The molecule has 106 valence electrons. The Hall–Kier alpha value is -2.82. The molecule has 2 rings (SSSR count). The molecule has 0 saturated carbocycles. The molecular formula is C9H13N9O2. The summed E-state index contributed by atoms with van der Waals surface area (Å²) in [6.07, 6.45) is 2.76. The maximum absolute atomic E-state index is 11.3. The lowest BCUT2D eigenvalue weighted by atomic mass is 10.6. The molecule has 0 aliphatic heterocycles. The van der Waals surface area contributed by atoms with E-state index in [1.807, 2.05) is 0 Å². The van der Waals surface area contributed by atoms with Crippen molar-refractivity contribution in [1.29, 1.82) is 0 Å². The SMILES string of the molecule is CCOC(=O)CNc1nc(NN)nc(-n2cncn2)n1. The van der Waals surface area contributed by atoms with E-state index in [2.05, 4.69) is 35.8 Å². The summed E-state index contributed by atoms with van der Waals surface area (Å²) in [5, 5.41) is 6.60. The van der Waals surface area contributed by atoms with Gasteiger partial charge in [0.2, 0.25) is 11.9 Å². The summed E-state index contributed by atoms with van der Waals surface area (Å²) >= 11 is 0. The fraction of sp³-hybridized carbons (Fsp3) is 0.333. The molecule has 2 heterocycles. The number of esters is 1. The first-order chi connectivity index (χ1) is 9.72. The average molecular weight is 279 g/mol. The first-order valence-corrected chi connectivity index (χ1v) is 5.70. The zero-order chi connectivity index (χ0) is 14.4. The van der Waals surface area contributed by atoms with Crippen molar-refractivity contribution in [3.63, 3.8) is 0 Å². The van der Waals surface area contributed by atoms with Gasteiger partial charge in [0, 0.05) is 0 Å². The van der Waals surface area contributed by atoms with E-state index < -0.39 is 5.97 Å². The van der Waals surface area contributed by atoms with Crippen LogP contribution in [0.2, 0.25) is 0 Å². The van der Waals surface area contributed by atoms with E-state index in [-0.39, 0.29) is 24.4 Å². The Morgan fingerprint density at radius 2 is 2.20 bits per heavy atom. The highest BCUT2D eigenvalue weighted by molar-refractivity contribution is 5.74. The zero-order valence-corrected chi connectivity index (χ0v) is 10.6. The second-order valence-electron chi connectivity index (χ2n) is 3.43. The van der Waals surface area contributed by atoms with Crippen molar-refractivity contribution >= 4 is 17.9 Å². The molecule has 0 unspecified atom stereocenters. The normalized spacial score (nSPS) is 10.1. The maximum atomic E-state index is 11.3. The van der Waals surface area contributed by atoms with Gasteiger partial charge in [0.05, 0.1) is 6.61 Å². The number of rotatable bonds is 6. The standard InChI is InChI=1S/C9H13N9O2/c1-2-20-6(19)3-12-7-14-8(17-10)16-9(15-7)18-5-11-4-13-18/h4-5H,2-3,10H2,1H3,(H2,12,14,15,16,17). The van der Waals surface area contributed by atoms with E-state index in [0.29, 0.717) is 6.61 Å². The van der Waals surface area contributed by atoms with Crippen LogP contribution in [0.3, 0.4) is 0 Å². The van der Waals surface area contributed by atoms with Gasteiger partial charge >= 0.3 is 5.97 Å². The highest BCUT2D eigenvalue weighted by Gasteiger charge is 2.09. The molecule has 0 amide bonds. The van der Waals surface area contributed by atoms with Crippen molar-refractivity contribution in [2.75, 3.05) is 23.9 Å². The van der Waals surface area contributed by atoms with E-state index in [1.165, 1.54) is 17.3 Å². The quantitative estimate of drug-likeness (QED) is 0.331. The van der Waals surface area contributed by atoms with Gasteiger partial charge in [-0.1, -0.05) is 0 Å². The number of carbonyl (C=O) groups excluding carboxylic acids is 1. The molecule has 0 fully saturated rings. The number of aromatic nitrogens is 6. The number of carbonyl (C=O) groups is 1. The predicted octanol–water partition coefficient (Wildman–Crippen LogP) is -1.29. The van der Waals surface area contributed by atoms with E-state index in [1.54, 1.807) is 6.92 Å². The minimum atomic E-state index is -0.419. The number of nitrogens with zero attached hydrogens (tertiary/aromatic N) is 6. The summed E-state index contributed by atoms with van der Waals surface area (Å²) in [6, 6.07) is 0. The molecule has 0 aliphatic carbocycles. The Labute approximate surface area is 113 Å². The highest BCUT2D eigenvalue weighted by Crippen LogP contribution is 2.07. The van der Waals surface area contributed by atoms with Crippen LogP contribution in [-0.2, 0) is 9.53 Å². The van der Waals surface area contributed by atoms with Crippen LogP contribution in [0.25, 0.3) is 5.95 Å². The van der Waals surface area contributed by atoms with Crippen molar-refractivity contribution in [3.8, 4) is 5.95 Å². The second kappa shape index (κ2) is 6.38. The van der Waals surface area contributed by atoms with Gasteiger partial charge in [0.15, 0.2) is 0 Å². The monoisotopic (exact) mass is 279 g/mol. The third-order valence-electron chi connectivity index (χ3n) is 2.07. The average Bonchev–Trinajstić information content (AvgIpc) is 2.99. The Balaban J connectivity index is 2.16. The first kappa shape index (κ1) is 13.6. The van der Waals surface area contributed by atoms with Gasteiger partial charge in [0.1, 0.15) is 19.2 Å². The van der Waals surface area contributed by atoms with Crippen molar-refractivity contribution in [3.05, 3.63) is 12.7 Å². The molecule has 2 aromatic rings. The minimum absolute atomic E-state index is 0.0708. The van der Waals surface area contributed by atoms with E-state index in [4.69, 9.17) is 10.6 Å². The molecule has 0 aliphatic rings. The largest absolute Gasteiger partial charge is 0.465 e. The van der Waals surface area contributed by atoms with E-state index >= 15 is 0 Å². The molecule has 0 aromatic carbocycles. The number of anilines is 2. The Morgan fingerprint density at radius 3 is 2.85 bits per heavy atom. The lowest BCUT2D eigenvalue weighted by Crippen LogP contribution is -2.20. The molecule has 11 heteroatoms. The van der Waals surface area contributed by atoms with Crippen LogP contribution >= 0.6 is 0 Å². The van der Waals surface area contributed by atoms with Gasteiger partial charge in [-0.15, -0.1) is 0 Å². The van der Waals surface area contributed by atoms with Gasteiger partial charge in [-0.05, 0) is 6.92 Å². The molecule has 0 radical (unpaired) electrons. The fourth-order valence-corrected chi connectivity index (χ4v) is 1.29. The molecule has 0 spiro atoms. The number of hydrazine groups is 1. The Bertz CT molecular complexity index is 571. The summed E-state index contributed by atoms with van der Waals surface area (Å²) in [6.45, 7) is 1.95. The summed E-state index contributed by atoms with van der Waals surface area (Å²) in [4.78, 5) is 27.1. The minimum Gasteiger partial charge on any atom is -0.465 e. The molecule has 11 nitrogen and oxygen atoms in total. The van der Waals surface area contributed by atoms with Crippen LogP contribution in [0, 0.1) is 0 Å². The third kappa shape index (κ3) is 3.35. The molecule has 0 atom stereocenters. The number of ether oxygens (including phenoxy) is 1. The van der Waals surface area contributed by atoms with Crippen molar-refractivity contribution < 1.29 is 9.53 Å². The summed E-state index contributed by atoms with van der Waals surface area (Å²) in [7, 11) is 0. The van der Waals surface area contributed by atoms with Crippen molar-refractivity contribution in [2.24, 2.45) is 5.84 Å². The molecule has 0 saturated heterocycles. The number of hydrogen-bond acceptors (Lipinski definition) is 10. The molecule has 2 aromatic heterocycles. The molecule has 20 heavy (non-hydrogen) atoms. The number of nitrogens with two attached hydrogens (primary N) is 1. The van der Waals surface area contributed by atoms with Crippen LogP contribution in [0.15, 0.2) is 12.7 Å². The topological polar surface area (TPSA) is 146 Å². The Morgan fingerprint density at radius 1 is 1.40 bits per heavy atom. The number of hydrogen-bond donors (Lipinski definition) is 3.